The fourth-order valence-electron chi connectivity index (χ4n) is 0.483. The first-order valence-corrected chi connectivity index (χ1v) is 3.34. The summed E-state index contributed by atoms with van der Waals surface area (Å²) in [5.74, 6) is 0. The molecule has 9 heteroatoms. The van der Waals surface area contributed by atoms with E-state index in [0.717, 1.165) is 6.34 Å². The van der Waals surface area contributed by atoms with E-state index in [1.165, 1.54) is 0 Å². The average Bonchev–Trinajstić information content (AvgIpc) is 2.01. The first-order valence-electron chi connectivity index (χ1n) is 3.00. The summed E-state index contributed by atoms with van der Waals surface area (Å²) >= 11 is 5.28. The molecule has 13 heavy (non-hydrogen) atoms. The van der Waals surface area contributed by atoms with E-state index in [-0.39, 0.29) is 0 Å². The van der Waals surface area contributed by atoms with Gasteiger partial charge in [0.25, 0.3) is 0 Å². The molecule has 1 aliphatic heterocycles. The number of nitrogens with one attached hydrogen (secondary N) is 1. The number of halogens is 4. The number of hydrogen-bond donors (Lipinski definition) is 1. The Balaban J connectivity index is 2.41. The van der Waals surface area contributed by atoms with Gasteiger partial charge in [-0.3, -0.25) is 5.43 Å². The summed E-state index contributed by atoms with van der Waals surface area (Å²) in [5.41, 5.74) is 2.18. The smallest absolute Gasteiger partial charge is 0.422 e. The number of rotatable bonds is 1. The van der Waals surface area contributed by atoms with Gasteiger partial charge >= 0.3 is 12.2 Å². The third kappa shape index (κ3) is 3.36. The van der Waals surface area contributed by atoms with E-state index in [4.69, 9.17) is 11.8 Å². The molecule has 74 valence electrons. The van der Waals surface area contributed by atoms with Crippen LogP contribution in [0.1, 0.15) is 0 Å². The Labute approximate surface area is 75.9 Å². The minimum absolute atomic E-state index is 0.457. The lowest BCUT2D eigenvalue weighted by Gasteiger charge is -2.16. The van der Waals surface area contributed by atoms with Gasteiger partial charge in [-0.25, -0.2) is 0 Å². The van der Waals surface area contributed by atoms with Crippen molar-refractivity contribution >= 4 is 24.1 Å². The molecule has 0 aromatic rings. The topological polar surface area (TPSA) is 49.2 Å². The van der Waals surface area contributed by atoms with E-state index in [9.17, 15) is 13.2 Å². The fourth-order valence-corrected chi connectivity index (χ4v) is 0.613. The molecule has 0 amide bonds. The van der Waals surface area contributed by atoms with Crippen molar-refractivity contribution in [1.82, 2.24) is 9.95 Å². The number of hydrogen-bond acceptors (Lipinski definition) is 5. The Morgan fingerprint density at radius 2 is 2.31 bits per heavy atom. The summed E-state index contributed by atoms with van der Waals surface area (Å²) < 4.78 is 39.7. The molecule has 0 aromatic carbocycles. The minimum atomic E-state index is -4.43. The maximum atomic E-state index is 11.6. The summed E-state index contributed by atoms with van der Waals surface area (Å²) in [6, 6.07) is -0.457. The molecule has 1 N–H and O–H groups in total. The normalized spacial score (nSPS) is 16.6. The minimum Gasteiger partial charge on any atom is -0.452 e. The fraction of sp³-hybridized carbons (Fsp3) is 0.500. The van der Waals surface area contributed by atoms with Crippen LogP contribution in [0.5, 0.6) is 0 Å². The summed E-state index contributed by atoms with van der Waals surface area (Å²) in [7, 11) is 0. The lowest BCUT2D eigenvalue weighted by molar-refractivity contribution is -0.157. The van der Waals surface area contributed by atoms with Gasteiger partial charge in [0.05, 0.1) is 0 Å². The standard InChI is InChI=1S/C4H4ClF3N4O/c5-12-3(11-9-2-10-12)13-1-4(6,7)8/h2H,1H2,(H,9,10). The first-order chi connectivity index (χ1) is 5.99. The molecule has 0 aliphatic carbocycles. The number of ether oxygens (including phenoxy) is 1. The monoisotopic (exact) mass is 216 g/mol. The van der Waals surface area contributed by atoms with Crippen molar-refractivity contribution in [3.8, 4) is 0 Å². The summed E-state index contributed by atoms with van der Waals surface area (Å²) in [5, 5.41) is 6.65. The molecule has 0 aromatic heterocycles. The van der Waals surface area contributed by atoms with Crippen LogP contribution in [0, 0.1) is 0 Å². The highest BCUT2D eigenvalue weighted by atomic mass is 35.5. The van der Waals surface area contributed by atoms with Crippen LogP contribution in [0.4, 0.5) is 13.2 Å². The van der Waals surface area contributed by atoms with E-state index < -0.39 is 18.8 Å². The third-order valence-electron chi connectivity index (χ3n) is 0.900. The SMILES string of the molecule is FC(F)(F)COC1=NNC=NN1Cl. The summed E-state index contributed by atoms with van der Waals surface area (Å²) in [6.45, 7) is -1.47. The van der Waals surface area contributed by atoms with Gasteiger partial charge in [0.15, 0.2) is 6.61 Å². The number of hydrazone groups is 2. The Morgan fingerprint density at radius 3 is 2.85 bits per heavy atom. The molecule has 1 aliphatic rings. The van der Waals surface area contributed by atoms with Crippen molar-refractivity contribution in [2.24, 2.45) is 10.2 Å². The Hall–Kier alpha value is -1.18. The van der Waals surface area contributed by atoms with Crippen molar-refractivity contribution in [3.63, 3.8) is 0 Å². The molecule has 0 unspecified atom stereocenters. The molecule has 0 radical (unpaired) electrons. The molecule has 0 saturated heterocycles. The van der Waals surface area contributed by atoms with Crippen molar-refractivity contribution in [1.29, 1.82) is 0 Å². The van der Waals surface area contributed by atoms with Crippen LogP contribution >= 0.6 is 11.8 Å². The molecule has 0 saturated carbocycles. The Morgan fingerprint density at radius 1 is 1.62 bits per heavy atom. The summed E-state index contributed by atoms with van der Waals surface area (Å²) in [6.07, 6.45) is -3.34. The van der Waals surface area contributed by atoms with Crippen LogP contribution < -0.4 is 5.43 Å². The molecule has 0 spiro atoms. The highest BCUT2D eigenvalue weighted by Gasteiger charge is 2.30. The van der Waals surface area contributed by atoms with Crippen LogP contribution in [0.15, 0.2) is 10.2 Å². The van der Waals surface area contributed by atoms with Crippen molar-refractivity contribution in [2.45, 2.75) is 6.18 Å². The van der Waals surface area contributed by atoms with Crippen molar-refractivity contribution in [2.75, 3.05) is 6.61 Å². The largest absolute Gasteiger partial charge is 0.452 e. The second-order valence-electron chi connectivity index (χ2n) is 1.93. The molecule has 0 bridgehead atoms. The van der Waals surface area contributed by atoms with Gasteiger partial charge in [-0.1, -0.05) is 0 Å². The Bertz CT molecular complexity index is 240. The van der Waals surface area contributed by atoms with E-state index in [2.05, 4.69) is 20.4 Å². The number of nitrogens with zero attached hydrogens (tertiary/aromatic N) is 3. The van der Waals surface area contributed by atoms with Gasteiger partial charge in [0, 0.05) is 11.8 Å². The highest BCUT2D eigenvalue weighted by molar-refractivity contribution is 6.21. The predicted molar refractivity (Wildman–Crippen MR) is 38.8 cm³/mol. The number of alkyl halides is 3. The second-order valence-corrected chi connectivity index (χ2v) is 2.25. The second kappa shape index (κ2) is 3.69. The number of amidine groups is 1. The molecule has 0 fully saturated rings. The molecular formula is C4H4ClF3N4O. The van der Waals surface area contributed by atoms with Crippen LogP contribution in [-0.2, 0) is 4.74 Å². The molecule has 5 nitrogen and oxygen atoms in total. The lowest BCUT2D eigenvalue weighted by Crippen LogP contribution is -2.31. The van der Waals surface area contributed by atoms with Crippen LogP contribution in [0.3, 0.4) is 0 Å². The van der Waals surface area contributed by atoms with Gasteiger partial charge in [0.1, 0.15) is 6.34 Å². The maximum Gasteiger partial charge on any atom is 0.422 e. The van der Waals surface area contributed by atoms with Crippen molar-refractivity contribution in [3.05, 3.63) is 0 Å². The average molecular weight is 217 g/mol. The van der Waals surface area contributed by atoms with Gasteiger partial charge in [0.2, 0.25) is 0 Å². The van der Waals surface area contributed by atoms with Crippen LogP contribution in [0.2, 0.25) is 0 Å². The Kier molecular flexibility index (Phi) is 2.81. The van der Waals surface area contributed by atoms with Crippen molar-refractivity contribution < 1.29 is 17.9 Å². The third-order valence-corrected chi connectivity index (χ3v) is 1.13. The zero-order chi connectivity index (χ0) is 9.90. The highest BCUT2D eigenvalue weighted by Crippen LogP contribution is 2.15. The molecule has 1 rings (SSSR count). The van der Waals surface area contributed by atoms with E-state index in [1.807, 2.05) is 0 Å². The molecule has 1 heterocycles. The first kappa shape index (κ1) is 9.90. The van der Waals surface area contributed by atoms with E-state index in [0.29, 0.717) is 4.53 Å². The van der Waals surface area contributed by atoms with Gasteiger partial charge in [-0.2, -0.15) is 13.2 Å². The van der Waals surface area contributed by atoms with Crippen LogP contribution in [-0.4, -0.2) is 29.7 Å². The van der Waals surface area contributed by atoms with Gasteiger partial charge in [-0.05, 0) is 0 Å². The predicted octanol–water partition coefficient (Wildman–Crippen LogP) is 0.839. The maximum absolute atomic E-state index is 11.6. The van der Waals surface area contributed by atoms with E-state index in [1.54, 1.807) is 0 Å². The van der Waals surface area contributed by atoms with Crippen LogP contribution in [0.25, 0.3) is 0 Å². The zero-order valence-corrected chi connectivity index (χ0v) is 6.80. The lowest BCUT2D eigenvalue weighted by atomic mass is 10.7. The van der Waals surface area contributed by atoms with Gasteiger partial charge < -0.3 is 4.74 Å². The quantitative estimate of drug-likeness (QED) is 0.661. The zero-order valence-electron chi connectivity index (χ0n) is 6.05. The van der Waals surface area contributed by atoms with E-state index >= 15 is 0 Å². The molecule has 0 atom stereocenters. The molecular weight excluding hydrogens is 213 g/mol. The summed E-state index contributed by atoms with van der Waals surface area (Å²) in [4.78, 5) is 0. The van der Waals surface area contributed by atoms with Gasteiger partial charge in [-0.15, -0.1) is 14.7 Å².